The smallest absolute Gasteiger partial charge is 0.339 e. The number of benzene rings is 3. The van der Waals surface area contributed by atoms with Crippen LogP contribution in [-0.2, 0) is 60.8 Å². The number of hydrogen-bond donors (Lipinski definition) is 11. The summed E-state index contributed by atoms with van der Waals surface area (Å²) in [6.45, 7) is 0.596. The van der Waals surface area contributed by atoms with Crippen LogP contribution in [0.5, 0.6) is 11.5 Å². The van der Waals surface area contributed by atoms with E-state index in [1.165, 1.54) is 54.6 Å². The van der Waals surface area contributed by atoms with Gasteiger partial charge in [-0.25, -0.2) is 9.59 Å². The number of carbonyl (C=O) groups is 3. The number of aliphatic hydroxyl groups is 11. The number of aliphatic hydroxyl groups excluding tert-OH is 11. The van der Waals surface area contributed by atoms with Crippen molar-refractivity contribution in [3.05, 3.63) is 102 Å². The Labute approximate surface area is 412 Å². The zero-order chi connectivity index (χ0) is 52.3. The van der Waals surface area contributed by atoms with Crippen molar-refractivity contribution in [2.75, 3.05) is 19.8 Å². The van der Waals surface area contributed by atoms with Gasteiger partial charge in [0.05, 0.1) is 19.6 Å². The number of ether oxygens (including phenoxy) is 9. The molecule has 0 unspecified atom stereocenters. The van der Waals surface area contributed by atoms with Gasteiger partial charge in [0, 0.05) is 6.08 Å². The van der Waals surface area contributed by atoms with Gasteiger partial charge in [0.1, 0.15) is 105 Å². The minimum absolute atomic E-state index is 0.113. The first kappa shape index (κ1) is 56.1. The molecular weight excluding hydrogens is 957 g/mol. The second-order valence-electron chi connectivity index (χ2n) is 17.9. The van der Waals surface area contributed by atoms with Crippen LogP contribution in [0.15, 0.2) is 84.9 Å². The Kier molecular flexibility index (Phi) is 20.0. The highest BCUT2D eigenvalue weighted by atomic mass is 16.7. The molecule has 3 aliphatic heterocycles. The summed E-state index contributed by atoms with van der Waals surface area (Å²) in [5.41, 5.74) is -0.869. The van der Waals surface area contributed by atoms with E-state index in [-0.39, 0.29) is 24.5 Å². The lowest BCUT2D eigenvalue weighted by atomic mass is 9.88. The molecule has 23 nitrogen and oxygen atoms in total. The molecule has 3 saturated heterocycles. The molecule has 396 valence electrons. The Bertz CT molecular complexity index is 2210. The van der Waals surface area contributed by atoms with E-state index >= 15 is 0 Å². The second kappa shape index (κ2) is 25.7. The van der Waals surface area contributed by atoms with Crippen molar-refractivity contribution in [1.82, 2.24) is 0 Å². The first-order valence-corrected chi connectivity index (χ1v) is 23.1. The molecule has 0 saturated carbocycles. The van der Waals surface area contributed by atoms with Gasteiger partial charge >= 0.3 is 17.9 Å². The number of esters is 3. The zero-order valence-electron chi connectivity index (χ0n) is 39.2. The molecule has 3 heterocycles. The minimum atomic E-state index is -2.33. The fourth-order valence-electron chi connectivity index (χ4n) is 7.99. The van der Waals surface area contributed by atoms with Gasteiger partial charge in [0.25, 0.3) is 0 Å². The molecule has 0 aliphatic carbocycles. The molecule has 3 aromatic rings. The summed E-state index contributed by atoms with van der Waals surface area (Å²) in [5, 5.41) is 113. The molecule has 0 aromatic heterocycles. The van der Waals surface area contributed by atoms with E-state index in [0.29, 0.717) is 16.7 Å². The quantitative estimate of drug-likeness (QED) is 0.0315. The van der Waals surface area contributed by atoms with Crippen molar-refractivity contribution in [3.8, 4) is 11.5 Å². The highest BCUT2D eigenvalue weighted by Crippen LogP contribution is 2.35. The summed E-state index contributed by atoms with van der Waals surface area (Å²) >= 11 is 0. The summed E-state index contributed by atoms with van der Waals surface area (Å²) in [6, 6.07) is 20.4. The highest BCUT2D eigenvalue weighted by molar-refractivity contribution is 5.87. The SMILES string of the molecule is CC(C)C[C@](CC(=O)OCc1ccc(O[C@H]2O[C@@H](CO)[C@H](O)[C@@H](O)[C@@H]2O)cc1)(O[C@@H]1O[C@H](COC(=O)/C=C/c2ccccc2)[C@@H](O)[C@H](O)[C@H]1O)C(=O)OCc1ccc(O[C@@H]2O[C@H](CO)[C@@H](O)[C@H](O)[C@H]2O)cc1. The van der Waals surface area contributed by atoms with E-state index in [1.807, 2.05) is 0 Å². The maximum atomic E-state index is 14.5. The average molecular weight is 1020 g/mol. The topological polar surface area (TPSA) is 357 Å². The molecule has 16 atom stereocenters. The Morgan fingerprint density at radius 1 is 0.569 bits per heavy atom. The van der Waals surface area contributed by atoms with Gasteiger partial charge in [-0.3, -0.25) is 4.79 Å². The Morgan fingerprint density at radius 3 is 1.51 bits per heavy atom. The summed E-state index contributed by atoms with van der Waals surface area (Å²) in [4.78, 5) is 40.9. The lowest BCUT2D eigenvalue weighted by molar-refractivity contribution is -0.327. The molecule has 11 N–H and O–H groups in total. The van der Waals surface area contributed by atoms with E-state index in [0.717, 1.165) is 6.08 Å². The molecule has 3 fully saturated rings. The predicted molar refractivity (Wildman–Crippen MR) is 242 cm³/mol. The molecule has 3 aromatic carbocycles. The molecule has 0 spiro atoms. The van der Waals surface area contributed by atoms with Gasteiger partial charge in [0.15, 0.2) is 11.9 Å². The van der Waals surface area contributed by atoms with Crippen molar-refractivity contribution in [3.63, 3.8) is 0 Å². The lowest BCUT2D eigenvalue weighted by Crippen LogP contribution is -2.62. The molecule has 6 rings (SSSR count). The third-order valence-electron chi connectivity index (χ3n) is 12.0. The molecule has 23 heteroatoms. The third kappa shape index (κ3) is 14.3. The molecular formula is C49H62O23. The number of carbonyl (C=O) groups excluding carboxylic acids is 3. The predicted octanol–water partition coefficient (Wildman–Crippen LogP) is -1.91. The fourth-order valence-corrected chi connectivity index (χ4v) is 7.99. The van der Waals surface area contributed by atoms with Crippen molar-refractivity contribution in [1.29, 1.82) is 0 Å². The van der Waals surface area contributed by atoms with Gasteiger partial charge in [-0.05, 0) is 59.4 Å². The average Bonchev–Trinajstić information content (AvgIpc) is 3.37. The van der Waals surface area contributed by atoms with Gasteiger partial charge in [-0.2, -0.15) is 0 Å². The van der Waals surface area contributed by atoms with Crippen molar-refractivity contribution >= 4 is 24.0 Å². The maximum absolute atomic E-state index is 14.5. The highest BCUT2D eigenvalue weighted by Gasteiger charge is 2.53. The van der Waals surface area contributed by atoms with E-state index in [2.05, 4.69) is 0 Å². The normalized spacial score (nSPS) is 31.6. The van der Waals surface area contributed by atoms with Crippen molar-refractivity contribution in [2.24, 2.45) is 5.92 Å². The van der Waals surface area contributed by atoms with Crippen LogP contribution in [0.1, 0.15) is 43.4 Å². The lowest BCUT2D eigenvalue weighted by Gasteiger charge is -2.43. The summed E-state index contributed by atoms with van der Waals surface area (Å²) in [6.07, 6.45) is -23.0. The van der Waals surface area contributed by atoms with Gasteiger partial charge in [0.2, 0.25) is 12.6 Å². The van der Waals surface area contributed by atoms with Crippen LogP contribution in [-0.4, -0.2) is 192 Å². The van der Waals surface area contributed by atoms with Crippen LogP contribution < -0.4 is 9.47 Å². The van der Waals surface area contributed by atoms with Crippen molar-refractivity contribution < 1.29 is 113 Å². The molecule has 3 aliphatic rings. The first-order valence-electron chi connectivity index (χ1n) is 23.1. The fraction of sp³-hybridized carbons (Fsp3) is 0.531. The van der Waals surface area contributed by atoms with E-state index in [9.17, 15) is 70.6 Å². The Morgan fingerprint density at radius 2 is 1.03 bits per heavy atom. The number of hydrogen-bond acceptors (Lipinski definition) is 23. The summed E-state index contributed by atoms with van der Waals surface area (Å²) in [7, 11) is 0. The second-order valence-corrected chi connectivity index (χ2v) is 17.9. The first-order chi connectivity index (χ1) is 34.3. The van der Waals surface area contributed by atoms with Crippen LogP contribution in [0.4, 0.5) is 0 Å². The largest absolute Gasteiger partial charge is 0.462 e. The third-order valence-corrected chi connectivity index (χ3v) is 12.0. The Hall–Kier alpha value is -5.19. The maximum Gasteiger partial charge on any atom is 0.339 e. The van der Waals surface area contributed by atoms with Gasteiger partial charge < -0.3 is 98.8 Å². The van der Waals surface area contributed by atoms with E-state index in [1.54, 1.807) is 44.2 Å². The van der Waals surface area contributed by atoms with Crippen LogP contribution >= 0.6 is 0 Å². The molecule has 0 amide bonds. The molecule has 0 bridgehead atoms. The van der Waals surface area contributed by atoms with Gasteiger partial charge in [-0.1, -0.05) is 68.4 Å². The summed E-state index contributed by atoms with van der Waals surface area (Å²) in [5.74, 6) is -3.18. The van der Waals surface area contributed by atoms with Gasteiger partial charge in [-0.15, -0.1) is 0 Å². The Balaban J connectivity index is 1.17. The minimum Gasteiger partial charge on any atom is -0.462 e. The summed E-state index contributed by atoms with van der Waals surface area (Å²) < 4.78 is 50.7. The van der Waals surface area contributed by atoms with Crippen LogP contribution in [0.25, 0.3) is 6.08 Å². The standard InChI is InChI=1S/C49H62O23/c1-25(2)18-49(48(63)66-23-28-10-15-30(16-11-28)68-46-43(61)40(58)37(55)32(21-51)70-46,72-47-44(62)41(59)38(56)33(71-47)24-65-34(52)17-12-26-6-4-3-5-7-26)19-35(53)64-22-27-8-13-29(14-9-27)67-45-42(60)39(57)36(54)31(20-50)69-45/h3-17,25,31-33,36-47,50-51,54-62H,18-24H2,1-2H3/b17-12+/t31-,32+,33+,36-,37+,38+,39+,40-,41-,42-,43+,44+,45-,46+,47-,49+/m0/s1. The zero-order valence-corrected chi connectivity index (χ0v) is 39.2. The van der Waals surface area contributed by atoms with Crippen LogP contribution in [0.3, 0.4) is 0 Å². The van der Waals surface area contributed by atoms with Crippen LogP contribution in [0, 0.1) is 5.92 Å². The van der Waals surface area contributed by atoms with Crippen molar-refractivity contribution in [2.45, 2.75) is 138 Å². The van der Waals surface area contributed by atoms with E-state index in [4.69, 9.17) is 42.6 Å². The molecule has 72 heavy (non-hydrogen) atoms. The monoisotopic (exact) mass is 1020 g/mol. The number of rotatable bonds is 21. The van der Waals surface area contributed by atoms with Crippen LogP contribution in [0.2, 0.25) is 0 Å². The molecule has 0 radical (unpaired) electrons. The van der Waals surface area contributed by atoms with E-state index < -0.39 is 154 Å².